The van der Waals surface area contributed by atoms with Crippen LogP contribution in [0.4, 0.5) is 11.4 Å². The van der Waals surface area contributed by atoms with Crippen LogP contribution in [-0.4, -0.2) is 19.0 Å². The fourth-order valence-electron chi connectivity index (χ4n) is 5.04. The standard InChI is InChI=1S/C25H38N2O/c1-7-9-19-10-8-11-20-15-27(16-22(19)20)21-12-17(2)24(18(3)13-21)26-23(28)14-25(4,5)6/h8,10,12-13,19-20,22H,7,9,11,14-16H2,1-6H3,(H,26,28). The van der Waals surface area contributed by atoms with Crippen molar-refractivity contribution in [3.63, 3.8) is 0 Å². The van der Waals surface area contributed by atoms with Crippen LogP contribution < -0.4 is 10.2 Å². The van der Waals surface area contributed by atoms with Gasteiger partial charge >= 0.3 is 0 Å². The highest BCUT2D eigenvalue weighted by Crippen LogP contribution is 2.41. The molecule has 1 N–H and O–H groups in total. The molecule has 28 heavy (non-hydrogen) atoms. The van der Waals surface area contributed by atoms with E-state index in [1.165, 1.54) is 24.9 Å². The van der Waals surface area contributed by atoms with Crippen molar-refractivity contribution >= 4 is 17.3 Å². The number of nitrogens with one attached hydrogen (secondary N) is 1. The summed E-state index contributed by atoms with van der Waals surface area (Å²) < 4.78 is 0. The maximum atomic E-state index is 12.4. The molecule has 0 spiro atoms. The molecule has 1 aromatic carbocycles. The van der Waals surface area contributed by atoms with Gasteiger partial charge in [0.05, 0.1) is 0 Å². The number of benzene rings is 1. The molecule has 0 aromatic heterocycles. The van der Waals surface area contributed by atoms with Gasteiger partial charge in [0, 0.05) is 30.9 Å². The van der Waals surface area contributed by atoms with Gasteiger partial charge in [0.15, 0.2) is 0 Å². The summed E-state index contributed by atoms with van der Waals surface area (Å²) in [5.41, 5.74) is 4.63. The summed E-state index contributed by atoms with van der Waals surface area (Å²) in [6, 6.07) is 4.53. The Morgan fingerprint density at radius 2 is 1.86 bits per heavy atom. The number of rotatable bonds is 5. The summed E-state index contributed by atoms with van der Waals surface area (Å²) in [4.78, 5) is 15.0. The highest BCUT2D eigenvalue weighted by Gasteiger charge is 2.38. The number of allylic oxidation sites excluding steroid dienone is 2. The predicted molar refractivity (Wildman–Crippen MR) is 120 cm³/mol. The molecule has 2 aliphatic rings. The summed E-state index contributed by atoms with van der Waals surface area (Å²) in [7, 11) is 0. The zero-order valence-corrected chi connectivity index (χ0v) is 18.6. The van der Waals surface area contributed by atoms with E-state index in [1.807, 2.05) is 0 Å². The second-order valence-electron chi connectivity index (χ2n) is 10.2. The van der Waals surface area contributed by atoms with Crippen molar-refractivity contribution in [1.29, 1.82) is 0 Å². The Balaban J connectivity index is 1.74. The van der Waals surface area contributed by atoms with Gasteiger partial charge in [0.25, 0.3) is 0 Å². The van der Waals surface area contributed by atoms with Crippen molar-refractivity contribution in [2.24, 2.45) is 23.2 Å². The molecule has 1 aromatic rings. The zero-order valence-electron chi connectivity index (χ0n) is 18.6. The van der Waals surface area contributed by atoms with E-state index in [0.29, 0.717) is 6.42 Å². The normalized spacial score (nSPS) is 24.4. The highest BCUT2D eigenvalue weighted by atomic mass is 16.1. The molecule has 3 rings (SSSR count). The lowest BCUT2D eigenvalue weighted by Crippen LogP contribution is -2.24. The van der Waals surface area contributed by atoms with Crippen molar-refractivity contribution in [2.75, 3.05) is 23.3 Å². The van der Waals surface area contributed by atoms with E-state index in [9.17, 15) is 4.79 Å². The smallest absolute Gasteiger partial charge is 0.224 e. The van der Waals surface area contributed by atoms with Crippen LogP contribution in [0.25, 0.3) is 0 Å². The van der Waals surface area contributed by atoms with Gasteiger partial charge in [0.2, 0.25) is 5.91 Å². The summed E-state index contributed by atoms with van der Waals surface area (Å²) >= 11 is 0. The molecule has 3 nitrogen and oxygen atoms in total. The van der Waals surface area contributed by atoms with Crippen molar-refractivity contribution in [1.82, 2.24) is 0 Å². The van der Waals surface area contributed by atoms with Gasteiger partial charge in [-0.15, -0.1) is 0 Å². The average Bonchev–Trinajstić information content (AvgIpc) is 3.02. The summed E-state index contributed by atoms with van der Waals surface area (Å²) in [5.74, 6) is 2.42. The van der Waals surface area contributed by atoms with Crippen LogP contribution in [0.1, 0.15) is 64.5 Å². The van der Waals surface area contributed by atoms with Crippen molar-refractivity contribution in [3.8, 4) is 0 Å². The predicted octanol–water partition coefficient (Wildman–Crippen LogP) is 6.11. The van der Waals surface area contributed by atoms with Crippen LogP contribution in [0, 0.1) is 37.0 Å². The van der Waals surface area contributed by atoms with Crippen LogP contribution >= 0.6 is 0 Å². The van der Waals surface area contributed by atoms with Gasteiger partial charge in [-0.25, -0.2) is 0 Å². The third kappa shape index (κ3) is 4.79. The number of hydrogen-bond acceptors (Lipinski definition) is 2. The molecule has 1 amide bonds. The maximum Gasteiger partial charge on any atom is 0.224 e. The largest absolute Gasteiger partial charge is 0.371 e. The third-order valence-electron chi connectivity index (χ3n) is 6.32. The van der Waals surface area contributed by atoms with Crippen LogP contribution in [0.3, 0.4) is 0 Å². The molecular formula is C25H38N2O. The first-order chi connectivity index (χ1) is 13.2. The molecule has 0 radical (unpaired) electrons. The van der Waals surface area contributed by atoms with E-state index in [1.54, 1.807) is 0 Å². The van der Waals surface area contributed by atoms with Gasteiger partial charge in [-0.05, 0) is 73.1 Å². The Bertz CT molecular complexity index is 720. The number of amides is 1. The molecular weight excluding hydrogens is 344 g/mol. The summed E-state index contributed by atoms with van der Waals surface area (Å²) in [5, 5.41) is 3.16. The Hall–Kier alpha value is -1.77. The minimum absolute atomic E-state index is 0.000739. The number of aryl methyl sites for hydroxylation is 2. The first-order valence-electron chi connectivity index (χ1n) is 11.0. The van der Waals surface area contributed by atoms with Crippen molar-refractivity contribution < 1.29 is 4.79 Å². The molecule has 3 atom stereocenters. The molecule has 1 heterocycles. The van der Waals surface area contributed by atoms with E-state index in [0.717, 1.165) is 47.7 Å². The lowest BCUT2D eigenvalue weighted by Gasteiger charge is -2.28. The topological polar surface area (TPSA) is 32.3 Å². The third-order valence-corrected chi connectivity index (χ3v) is 6.32. The van der Waals surface area contributed by atoms with Crippen LogP contribution in [0.5, 0.6) is 0 Å². The minimum Gasteiger partial charge on any atom is -0.371 e. The van der Waals surface area contributed by atoms with Gasteiger partial charge in [-0.2, -0.15) is 0 Å². The monoisotopic (exact) mass is 382 g/mol. The van der Waals surface area contributed by atoms with Gasteiger partial charge in [-0.3, -0.25) is 4.79 Å². The molecule has 1 aliphatic heterocycles. The molecule has 3 unspecified atom stereocenters. The zero-order chi connectivity index (χ0) is 20.5. The number of hydrogen-bond donors (Lipinski definition) is 1. The van der Waals surface area contributed by atoms with E-state index < -0.39 is 0 Å². The van der Waals surface area contributed by atoms with Gasteiger partial charge in [-0.1, -0.05) is 46.3 Å². The Kier molecular flexibility index (Phi) is 6.21. The quantitative estimate of drug-likeness (QED) is 0.623. The molecule has 1 fully saturated rings. The Morgan fingerprint density at radius 3 is 2.46 bits per heavy atom. The van der Waals surface area contributed by atoms with E-state index >= 15 is 0 Å². The lowest BCUT2D eigenvalue weighted by atomic mass is 9.76. The molecule has 154 valence electrons. The van der Waals surface area contributed by atoms with Crippen molar-refractivity contribution in [3.05, 3.63) is 35.4 Å². The number of nitrogens with zero attached hydrogens (tertiary/aromatic N) is 1. The lowest BCUT2D eigenvalue weighted by molar-refractivity contribution is -0.117. The minimum atomic E-state index is 0.000739. The average molecular weight is 383 g/mol. The maximum absolute atomic E-state index is 12.4. The summed E-state index contributed by atoms with van der Waals surface area (Å²) in [6.45, 7) is 15.2. The SMILES string of the molecule is CCCC1C=CCC2CN(c3cc(C)c(NC(=O)CC(C)(C)C)c(C)c3)CC12. The number of anilines is 2. The van der Waals surface area contributed by atoms with Crippen LogP contribution in [0.15, 0.2) is 24.3 Å². The molecule has 1 aliphatic carbocycles. The number of carbonyl (C=O) groups excluding carboxylic acids is 1. The Morgan fingerprint density at radius 1 is 1.18 bits per heavy atom. The number of fused-ring (bicyclic) bond motifs is 1. The van der Waals surface area contributed by atoms with E-state index in [-0.39, 0.29) is 11.3 Å². The summed E-state index contributed by atoms with van der Waals surface area (Å²) in [6.07, 6.45) is 9.21. The fraction of sp³-hybridized carbons (Fsp3) is 0.640. The first-order valence-corrected chi connectivity index (χ1v) is 11.0. The van der Waals surface area contributed by atoms with Gasteiger partial charge < -0.3 is 10.2 Å². The van der Waals surface area contributed by atoms with E-state index in [2.05, 4.69) is 76.0 Å². The van der Waals surface area contributed by atoms with E-state index in [4.69, 9.17) is 0 Å². The molecule has 0 saturated carbocycles. The highest BCUT2D eigenvalue weighted by molar-refractivity contribution is 5.93. The van der Waals surface area contributed by atoms with Crippen LogP contribution in [-0.2, 0) is 4.79 Å². The molecule has 3 heteroatoms. The fourth-order valence-corrected chi connectivity index (χ4v) is 5.04. The second-order valence-corrected chi connectivity index (χ2v) is 10.2. The molecule has 0 bridgehead atoms. The van der Waals surface area contributed by atoms with Crippen molar-refractivity contribution in [2.45, 2.75) is 67.2 Å². The number of carbonyl (C=O) groups is 1. The van der Waals surface area contributed by atoms with Gasteiger partial charge in [0.1, 0.15) is 0 Å². The van der Waals surface area contributed by atoms with Crippen LogP contribution in [0.2, 0.25) is 0 Å². The molecule has 1 saturated heterocycles. The Labute approximate surface area is 171 Å². The second kappa shape index (κ2) is 8.31. The first kappa shape index (κ1) is 21.0.